The van der Waals surface area contributed by atoms with E-state index in [1.54, 1.807) is 0 Å². The minimum atomic E-state index is -0.465. The van der Waals surface area contributed by atoms with Crippen LogP contribution in [0.4, 0.5) is 5.69 Å². The summed E-state index contributed by atoms with van der Waals surface area (Å²) >= 11 is 0. The summed E-state index contributed by atoms with van der Waals surface area (Å²) in [4.78, 5) is 23.2. The van der Waals surface area contributed by atoms with Crippen LogP contribution in [0.5, 0.6) is 0 Å². The molecule has 1 aromatic rings. The average molecular weight is 510 g/mol. The van der Waals surface area contributed by atoms with E-state index < -0.39 is 16.7 Å². The van der Waals surface area contributed by atoms with Gasteiger partial charge in [0.2, 0.25) is 0 Å². The highest BCUT2D eigenvalue weighted by Crippen LogP contribution is 2.62. The lowest BCUT2D eigenvalue weighted by molar-refractivity contribution is -0.384. The van der Waals surface area contributed by atoms with Crippen LogP contribution in [0.1, 0.15) is 76.1 Å². The third kappa shape index (κ3) is 4.13. The summed E-state index contributed by atoms with van der Waals surface area (Å²) in [7, 11) is 0. The maximum Gasteiger partial charge on any atom is 0.338 e. The van der Waals surface area contributed by atoms with Crippen molar-refractivity contribution in [3.8, 4) is 0 Å². The van der Waals surface area contributed by atoms with E-state index in [1.807, 2.05) is 0 Å². The molecule has 0 amide bonds. The van der Waals surface area contributed by atoms with E-state index in [1.165, 1.54) is 43.5 Å². The van der Waals surface area contributed by atoms with Crippen molar-refractivity contribution in [1.82, 2.24) is 0 Å². The Morgan fingerprint density at radius 3 is 2.57 bits per heavy atom. The molecule has 7 nitrogen and oxygen atoms in total. The van der Waals surface area contributed by atoms with Gasteiger partial charge in [-0.1, -0.05) is 32.9 Å². The Labute approximate surface area is 219 Å². The molecule has 2 aliphatic heterocycles. The number of benzene rings is 1. The quantitative estimate of drug-likeness (QED) is 0.205. The number of non-ortho nitro benzene ring substituents is 1. The first-order valence-electron chi connectivity index (χ1n) is 14.2. The first-order valence-corrected chi connectivity index (χ1v) is 14.2. The second-order valence-corrected chi connectivity index (χ2v) is 12.7. The zero-order chi connectivity index (χ0) is 25.9. The second-order valence-electron chi connectivity index (χ2n) is 12.7. The molecule has 1 aromatic carbocycles. The summed E-state index contributed by atoms with van der Waals surface area (Å²) in [5, 5.41) is 10.9. The number of nitro benzene ring substituents is 1. The number of nitrogens with zero attached hydrogens (tertiary/aromatic N) is 1. The van der Waals surface area contributed by atoms with Crippen LogP contribution in [-0.2, 0) is 14.2 Å². The fourth-order valence-electron chi connectivity index (χ4n) is 8.35. The summed E-state index contributed by atoms with van der Waals surface area (Å²) in [6.45, 7) is 7.86. The highest BCUT2D eigenvalue weighted by Gasteiger charge is 2.61. The number of hydrogen-bond acceptors (Lipinski definition) is 6. The first-order chi connectivity index (χ1) is 17.7. The van der Waals surface area contributed by atoms with Gasteiger partial charge in [-0.2, -0.15) is 0 Å². The number of carbonyl (C=O) groups is 1. The minimum absolute atomic E-state index is 0.0298. The van der Waals surface area contributed by atoms with E-state index in [0.717, 1.165) is 32.3 Å². The van der Waals surface area contributed by atoms with Crippen LogP contribution in [-0.4, -0.2) is 35.5 Å². The van der Waals surface area contributed by atoms with Gasteiger partial charge in [0.25, 0.3) is 5.69 Å². The van der Waals surface area contributed by atoms with Gasteiger partial charge in [-0.25, -0.2) is 4.79 Å². The lowest BCUT2D eigenvalue weighted by Gasteiger charge is -2.55. The molecule has 2 heterocycles. The number of ether oxygens (including phenoxy) is 3. The van der Waals surface area contributed by atoms with Crippen molar-refractivity contribution in [2.75, 3.05) is 6.61 Å². The first kappa shape index (κ1) is 25.1. The molecule has 0 unspecified atom stereocenters. The van der Waals surface area contributed by atoms with Crippen LogP contribution in [0.3, 0.4) is 0 Å². The summed E-state index contributed by atoms with van der Waals surface area (Å²) < 4.78 is 19.2. The molecule has 200 valence electrons. The number of allylic oxidation sites excluding steroid dienone is 1. The Morgan fingerprint density at radius 1 is 1.08 bits per heavy atom. The fourth-order valence-corrected chi connectivity index (χ4v) is 8.35. The number of rotatable bonds is 3. The fraction of sp³-hybridized carbons (Fsp3) is 0.700. The van der Waals surface area contributed by atoms with Gasteiger partial charge in [0.1, 0.15) is 6.10 Å². The average Bonchev–Trinajstić information content (AvgIpc) is 3.17. The standard InChI is InChI=1S/C30H39NO6/c1-18-12-15-30(35-17-18)19(2)24-10-11-26-25(27(24)37-30)9-6-21-16-23(13-14-29(21,26)3)36-28(32)20-4-7-22(8-5-20)31(33)34/h4-9,18-19,21,23-27H,10-17H2,1-3H3/t18-,19-,21-,23-,24+,25-,26+,27+,29-,30-/m0/s1. The lowest BCUT2D eigenvalue weighted by Crippen LogP contribution is -2.52. The molecule has 10 atom stereocenters. The van der Waals surface area contributed by atoms with Crippen LogP contribution in [0, 0.1) is 51.0 Å². The van der Waals surface area contributed by atoms with E-state index in [2.05, 4.69) is 32.9 Å². The van der Waals surface area contributed by atoms with Crippen molar-refractivity contribution >= 4 is 11.7 Å². The van der Waals surface area contributed by atoms with Gasteiger partial charge < -0.3 is 14.2 Å². The normalized spacial score (nSPS) is 44.5. The van der Waals surface area contributed by atoms with Crippen molar-refractivity contribution in [2.24, 2.45) is 40.9 Å². The molecule has 0 N–H and O–H groups in total. The number of hydrogen-bond donors (Lipinski definition) is 0. The van der Waals surface area contributed by atoms with Crippen molar-refractivity contribution in [1.29, 1.82) is 0 Å². The highest BCUT2D eigenvalue weighted by atomic mass is 16.7. The highest BCUT2D eigenvalue weighted by molar-refractivity contribution is 5.89. The van der Waals surface area contributed by atoms with Crippen LogP contribution < -0.4 is 0 Å². The topological polar surface area (TPSA) is 87.9 Å². The van der Waals surface area contributed by atoms with Gasteiger partial charge in [-0.15, -0.1) is 0 Å². The Balaban J connectivity index is 1.14. The zero-order valence-corrected chi connectivity index (χ0v) is 22.1. The van der Waals surface area contributed by atoms with Crippen LogP contribution >= 0.6 is 0 Å². The molecule has 1 spiro atoms. The van der Waals surface area contributed by atoms with E-state index >= 15 is 0 Å². The van der Waals surface area contributed by atoms with Crippen LogP contribution in [0.2, 0.25) is 0 Å². The second kappa shape index (κ2) is 9.19. The summed E-state index contributed by atoms with van der Waals surface area (Å²) in [6, 6.07) is 5.65. The Morgan fingerprint density at radius 2 is 1.86 bits per heavy atom. The molecule has 0 aromatic heterocycles. The molecule has 0 bridgehead atoms. The van der Waals surface area contributed by atoms with Crippen LogP contribution in [0.15, 0.2) is 36.4 Å². The number of nitro groups is 1. The third-order valence-corrected chi connectivity index (χ3v) is 10.7. The van der Waals surface area contributed by atoms with Gasteiger partial charge in [-0.3, -0.25) is 10.1 Å². The molecule has 6 rings (SSSR count). The molecule has 2 saturated heterocycles. The molecule has 0 radical (unpaired) electrons. The zero-order valence-electron chi connectivity index (χ0n) is 22.1. The molecular weight excluding hydrogens is 470 g/mol. The smallest absolute Gasteiger partial charge is 0.338 e. The third-order valence-electron chi connectivity index (χ3n) is 10.7. The Bertz CT molecular complexity index is 1080. The van der Waals surface area contributed by atoms with E-state index in [9.17, 15) is 14.9 Å². The van der Waals surface area contributed by atoms with Crippen molar-refractivity contribution in [2.45, 2.75) is 83.7 Å². The predicted molar refractivity (Wildman–Crippen MR) is 138 cm³/mol. The molecule has 4 fully saturated rings. The Hall–Kier alpha value is -2.25. The van der Waals surface area contributed by atoms with Gasteiger partial charge >= 0.3 is 5.97 Å². The maximum absolute atomic E-state index is 12.7. The van der Waals surface area contributed by atoms with Gasteiger partial charge in [-0.05, 0) is 79.7 Å². The largest absolute Gasteiger partial charge is 0.459 e. The summed E-state index contributed by atoms with van der Waals surface area (Å²) in [5.41, 5.74) is 0.500. The van der Waals surface area contributed by atoms with E-state index in [4.69, 9.17) is 14.2 Å². The molecule has 7 heteroatoms. The molecule has 5 aliphatic rings. The van der Waals surface area contributed by atoms with Crippen molar-refractivity contribution in [3.05, 3.63) is 52.1 Å². The van der Waals surface area contributed by atoms with Crippen molar-refractivity contribution < 1.29 is 23.9 Å². The predicted octanol–water partition coefficient (Wildman–Crippen LogP) is 6.32. The summed E-state index contributed by atoms with van der Waals surface area (Å²) in [6.07, 6.45) is 12.2. The maximum atomic E-state index is 12.7. The minimum Gasteiger partial charge on any atom is -0.459 e. The van der Waals surface area contributed by atoms with Crippen molar-refractivity contribution in [3.63, 3.8) is 0 Å². The number of esters is 1. The van der Waals surface area contributed by atoms with Gasteiger partial charge in [0.05, 0.1) is 23.2 Å². The van der Waals surface area contributed by atoms with Gasteiger partial charge in [0, 0.05) is 30.4 Å². The van der Waals surface area contributed by atoms with Gasteiger partial charge in [0.15, 0.2) is 5.79 Å². The number of fused-ring (bicyclic) bond motifs is 5. The molecule has 2 saturated carbocycles. The lowest BCUT2D eigenvalue weighted by atomic mass is 9.50. The molecular formula is C30H39NO6. The molecule has 37 heavy (non-hydrogen) atoms. The van der Waals surface area contributed by atoms with Crippen LogP contribution in [0.25, 0.3) is 0 Å². The monoisotopic (exact) mass is 509 g/mol. The van der Waals surface area contributed by atoms with E-state index in [0.29, 0.717) is 41.1 Å². The Kier molecular flexibility index (Phi) is 6.22. The number of carbonyl (C=O) groups excluding carboxylic acids is 1. The SMILES string of the molecule is C[C@H]1CC[C@]2(OC1)O[C@H]1[C@H]3C=C[C@H]4C[C@@H](OC(=O)c5ccc([N+](=O)[O-])cc5)CC[C@]4(C)[C@@H]3CC[C@@H]1[C@@H]2C. The molecule has 3 aliphatic carbocycles. The summed E-state index contributed by atoms with van der Waals surface area (Å²) in [5.74, 6) is 2.15. The van der Waals surface area contributed by atoms with E-state index in [-0.39, 0.29) is 23.3 Å².